The minimum Gasteiger partial charge on any atom is -0.336 e. The first-order chi connectivity index (χ1) is 13.6. The number of hydrogen-bond acceptors (Lipinski definition) is 6. The van der Waals surface area contributed by atoms with Crippen molar-refractivity contribution in [2.24, 2.45) is 0 Å². The lowest BCUT2D eigenvalue weighted by Crippen LogP contribution is -2.57. The van der Waals surface area contributed by atoms with Crippen LogP contribution in [-0.2, 0) is 12.2 Å². The van der Waals surface area contributed by atoms with Gasteiger partial charge in [0.2, 0.25) is 0 Å². The highest BCUT2D eigenvalue weighted by atomic mass is 35.5. The number of nitrogens with zero attached hydrogens (tertiary/aromatic N) is 3. The van der Waals surface area contributed by atoms with Crippen LogP contribution in [0.1, 0.15) is 21.6 Å². The third-order valence-electron chi connectivity index (χ3n) is 5.08. The first-order valence-corrected chi connectivity index (χ1v) is 9.09. The molecule has 0 aliphatic carbocycles. The van der Waals surface area contributed by atoms with Crippen LogP contribution in [0, 0.1) is 0 Å². The summed E-state index contributed by atoms with van der Waals surface area (Å²) in [6.07, 6.45) is 2.94. The van der Waals surface area contributed by atoms with E-state index in [4.69, 9.17) is 11.6 Å². The van der Waals surface area contributed by atoms with Crippen molar-refractivity contribution in [2.75, 3.05) is 11.9 Å². The maximum atomic E-state index is 13.4. The smallest absolute Gasteiger partial charge is 0.277 e. The molecule has 2 aromatic heterocycles. The SMILES string of the molecule is O=C1NC2(CNCc3ccccc32)n2c1c(Cl)cc(Nc1ccncn1)c2=O. The van der Waals surface area contributed by atoms with Crippen LogP contribution in [0.15, 0.2) is 53.7 Å². The Balaban J connectivity index is 1.75. The summed E-state index contributed by atoms with van der Waals surface area (Å²) in [6, 6.07) is 10.8. The minimum absolute atomic E-state index is 0.151. The third-order valence-corrected chi connectivity index (χ3v) is 5.36. The summed E-state index contributed by atoms with van der Waals surface area (Å²) >= 11 is 6.42. The molecule has 1 spiro atoms. The number of nitrogens with one attached hydrogen (secondary N) is 3. The highest BCUT2D eigenvalue weighted by Gasteiger charge is 2.48. The van der Waals surface area contributed by atoms with Crippen LogP contribution >= 0.6 is 11.6 Å². The van der Waals surface area contributed by atoms with Crippen molar-refractivity contribution in [2.45, 2.75) is 12.2 Å². The lowest BCUT2D eigenvalue weighted by atomic mass is 9.90. The molecule has 1 aromatic carbocycles. The van der Waals surface area contributed by atoms with Crippen molar-refractivity contribution >= 4 is 29.0 Å². The molecule has 3 aromatic rings. The van der Waals surface area contributed by atoms with Crippen molar-refractivity contribution in [1.82, 2.24) is 25.2 Å². The molecule has 9 heteroatoms. The molecular weight excluding hydrogens is 380 g/mol. The van der Waals surface area contributed by atoms with Gasteiger partial charge in [-0.3, -0.25) is 14.2 Å². The van der Waals surface area contributed by atoms with E-state index in [9.17, 15) is 9.59 Å². The Morgan fingerprint density at radius 1 is 1.21 bits per heavy atom. The van der Waals surface area contributed by atoms with Gasteiger partial charge in [0, 0.05) is 24.8 Å². The molecule has 140 valence electrons. The Morgan fingerprint density at radius 3 is 2.89 bits per heavy atom. The zero-order valence-electron chi connectivity index (χ0n) is 14.6. The number of hydrogen-bond donors (Lipinski definition) is 3. The molecule has 1 unspecified atom stereocenters. The van der Waals surface area contributed by atoms with Crippen LogP contribution in [0.5, 0.6) is 0 Å². The minimum atomic E-state index is -1.04. The number of benzene rings is 1. The van der Waals surface area contributed by atoms with Gasteiger partial charge in [0.05, 0.1) is 5.02 Å². The standard InChI is InChI=1S/C19H15ClN6O2/c20-13-7-14(24-15-5-6-21-10-23-15)18(28)26-16(13)17(27)25-19(26)9-22-8-11-3-1-2-4-12(11)19/h1-7,10,22H,8-9H2,(H,25,27)(H,21,23,24). The van der Waals surface area contributed by atoms with Crippen molar-refractivity contribution in [3.8, 4) is 0 Å². The van der Waals surface area contributed by atoms with Crippen molar-refractivity contribution in [3.05, 3.63) is 81.1 Å². The van der Waals surface area contributed by atoms with E-state index in [1.165, 1.54) is 17.0 Å². The molecule has 2 aliphatic rings. The number of carbonyl (C=O) groups excluding carboxylic acids is 1. The van der Waals surface area contributed by atoms with E-state index in [2.05, 4.69) is 25.9 Å². The number of aromatic nitrogens is 3. The highest BCUT2D eigenvalue weighted by molar-refractivity contribution is 6.34. The molecule has 8 nitrogen and oxygen atoms in total. The fourth-order valence-corrected chi connectivity index (χ4v) is 4.20. The van der Waals surface area contributed by atoms with Gasteiger partial charge in [-0.2, -0.15) is 0 Å². The molecule has 0 saturated carbocycles. The number of amides is 1. The highest BCUT2D eigenvalue weighted by Crippen LogP contribution is 2.36. The summed E-state index contributed by atoms with van der Waals surface area (Å²) in [5, 5.41) is 9.44. The average Bonchev–Trinajstić information content (AvgIpc) is 3.00. The zero-order valence-corrected chi connectivity index (χ0v) is 15.3. The van der Waals surface area contributed by atoms with Gasteiger partial charge in [-0.25, -0.2) is 9.97 Å². The Morgan fingerprint density at radius 2 is 2.07 bits per heavy atom. The predicted octanol–water partition coefficient (Wildman–Crippen LogP) is 1.58. The van der Waals surface area contributed by atoms with Crippen molar-refractivity contribution in [1.29, 1.82) is 0 Å². The fourth-order valence-electron chi connectivity index (χ4n) is 3.92. The van der Waals surface area contributed by atoms with Crippen LogP contribution in [-0.4, -0.2) is 27.0 Å². The second-order valence-electron chi connectivity index (χ2n) is 6.69. The molecule has 0 saturated heterocycles. The quantitative estimate of drug-likeness (QED) is 0.610. The monoisotopic (exact) mass is 394 g/mol. The summed E-state index contributed by atoms with van der Waals surface area (Å²) in [7, 11) is 0. The molecule has 5 rings (SSSR count). The van der Waals surface area contributed by atoms with E-state index in [1.807, 2.05) is 24.3 Å². The Bertz CT molecular complexity index is 1160. The maximum Gasteiger partial charge on any atom is 0.277 e. The second kappa shape index (κ2) is 6.15. The topological polar surface area (TPSA) is 101 Å². The molecule has 0 bridgehead atoms. The summed E-state index contributed by atoms with van der Waals surface area (Å²) in [4.78, 5) is 34.1. The molecule has 28 heavy (non-hydrogen) atoms. The van der Waals surface area contributed by atoms with Crippen LogP contribution in [0.3, 0.4) is 0 Å². The van der Waals surface area contributed by atoms with Gasteiger partial charge in [-0.1, -0.05) is 35.9 Å². The summed E-state index contributed by atoms with van der Waals surface area (Å²) in [5.41, 5.74) is 0.864. The van der Waals surface area contributed by atoms with Crippen LogP contribution < -0.4 is 21.5 Å². The van der Waals surface area contributed by atoms with Gasteiger partial charge >= 0.3 is 0 Å². The van der Waals surface area contributed by atoms with Crippen molar-refractivity contribution in [3.63, 3.8) is 0 Å². The number of halogens is 1. The molecule has 2 aliphatic heterocycles. The van der Waals surface area contributed by atoms with Gasteiger partial charge < -0.3 is 16.0 Å². The molecule has 0 radical (unpaired) electrons. The number of pyridine rings is 1. The van der Waals surface area contributed by atoms with Gasteiger partial charge in [-0.15, -0.1) is 0 Å². The molecule has 3 N–H and O–H groups in total. The normalized spacial score (nSPS) is 19.8. The molecule has 1 atom stereocenters. The van der Waals surface area contributed by atoms with Crippen LogP contribution in [0.2, 0.25) is 5.02 Å². The summed E-state index contributed by atoms with van der Waals surface area (Å²) < 4.78 is 1.45. The zero-order chi connectivity index (χ0) is 19.3. The van der Waals surface area contributed by atoms with E-state index >= 15 is 0 Å². The van der Waals surface area contributed by atoms with Crippen LogP contribution in [0.4, 0.5) is 11.5 Å². The Hall–Kier alpha value is -3.23. The molecular formula is C19H15ClN6O2. The second-order valence-corrected chi connectivity index (χ2v) is 7.10. The number of carbonyl (C=O) groups is 1. The van der Waals surface area contributed by atoms with E-state index in [-0.39, 0.29) is 27.9 Å². The molecule has 4 heterocycles. The Kier molecular flexibility index (Phi) is 3.71. The molecule has 0 fully saturated rings. The molecule has 1 amide bonds. The van der Waals surface area contributed by atoms with Gasteiger partial charge in [0.25, 0.3) is 11.5 Å². The van der Waals surface area contributed by atoms with E-state index in [0.717, 1.165) is 11.1 Å². The number of fused-ring (bicyclic) bond motifs is 4. The predicted molar refractivity (Wildman–Crippen MR) is 104 cm³/mol. The van der Waals surface area contributed by atoms with Gasteiger partial charge in [-0.05, 0) is 17.7 Å². The van der Waals surface area contributed by atoms with Crippen molar-refractivity contribution < 1.29 is 4.79 Å². The maximum absolute atomic E-state index is 13.4. The summed E-state index contributed by atoms with van der Waals surface area (Å²) in [5.74, 6) is 0.0754. The fraction of sp³-hybridized carbons (Fsp3) is 0.158. The number of rotatable bonds is 2. The first kappa shape index (κ1) is 16.9. The lowest BCUT2D eigenvalue weighted by Gasteiger charge is -2.37. The van der Waals surface area contributed by atoms with Gasteiger partial charge in [0.1, 0.15) is 23.5 Å². The largest absolute Gasteiger partial charge is 0.336 e. The van der Waals surface area contributed by atoms with Gasteiger partial charge in [0.15, 0.2) is 5.66 Å². The number of anilines is 2. The van der Waals surface area contributed by atoms with E-state index in [0.29, 0.717) is 18.9 Å². The average molecular weight is 395 g/mol. The summed E-state index contributed by atoms with van der Waals surface area (Å²) in [6.45, 7) is 1.03. The Labute approximate surface area is 164 Å². The third kappa shape index (κ3) is 2.35. The van der Waals surface area contributed by atoms with E-state index < -0.39 is 5.66 Å². The lowest BCUT2D eigenvalue weighted by molar-refractivity contribution is 0.0931. The first-order valence-electron chi connectivity index (χ1n) is 8.71. The van der Waals surface area contributed by atoms with E-state index in [1.54, 1.807) is 12.3 Å². The van der Waals surface area contributed by atoms with Crippen LogP contribution in [0.25, 0.3) is 0 Å².